The second-order valence-corrected chi connectivity index (χ2v) is 6.69. The molecule has 3 saturated heterocycles. The van der Waals surface area contributed by atoms with E-state index >= 15 is 0 Å². The van der Waals surface area contributed by atoms with Gasteiger partial charge in [0.2, 0.25) is 0 Å². The van der Waals surface area contributed by atoms with Crippen LogP contribution < -0.4 is 5.32 Å². The number of piperidine rings is 1. The number of nitrogens with zero attached hydrogens (tertiary/aromatic N) is 2. The Kier molecular flexibility index (Phi) is 3.70. The first-order valence-electron chi connectivity index (χ1n) is 7.97. The zero-order chi connectivity index (χ0) is 13.4. The highest BCUT2D eigenvalue weighted by molar-refractivity contribution is 5.75. The highest BCUT2D eigenvalue weighted by Gasteiger charge is 2.46. The van der Waals surface area contributed by atoms with Gasteiger partial charge in [-0.2, -0.15) is 0 Å². The number of hydrogen-bond donors (Lipinski definition) is 1. The van der Waals surface area contributed by atoms with E-state index in [-0.39, 0.29) is 0 Å². The first-order chi connectivity index (χ1) is 9.20. The number of nitrogens with one attached hydrogen (secondary N) is 1. The fourth-order valence-electron chi connectivity index (χ4n) is 4.31. The van der Waals surface area contributed by atoms with Crippen LogP contribution >= 0.6 is 0 Å². The van der Waals surface area contributed by atoms with E-state index in [2.05, 4.69) is 29.0 Å². The van der Waals surface area contributed by atoms with Gasteiger partial charge < -0.3 is 15.1 Å². The fraction of sp³-hybridized carbons (Fsp3) is 0.933. The van der Waals surface area contributed by atoms with Crippen molar-refractivity contribution in [2.45, 2.75) is 39.2 Å². The number of fused-ring (bicyclic) bond motifs is 1. The Morgan fingerprint density at radius 1 is 1.32 bits per heavy atom. The lowest BCUT2D eigenvalue weighted by molar-refractivity contribution is 0.121. The smallest absolute Gasteiger partial charge is 0.320 e. The predicted molar refractivity (Wildman–Crippen MR) is 76.0 cm³/mol. The largest absolute Gasteiger partial charge is 0.324 e. The first-order valence-corrected chi connectivity index (χ1v) is 7.97. The van der Waals surface area contributed by atoms with Crippen molar-refractivity contribution in [3.8, 4) is 0 Å². The second-order valence-electron chi connectivity index (χ2n) is 6.69. The van der Waals surface area contributed by atoms with Gasteiger partial charge in [0.25, 0.3) is 0 Å². The summed E-state index contributed by atoms with van der Waals surface area (Å²) in [5.74, 6) is 2.05. The predicted octanol–water partition coefficient (Wildman–Crippen LogP) is 1.77. The van der Waals surface area contributed by atoms with E-state index in [1.165, 1.54) is 12.8 Å². The number of carbonyl (C=O) groups excluding carboxylic acids is 1. The van der Waals surface area contributed by atoms with E-state index in [1.54, 1.807) is 0 Å². The van der Waals surface area contributed by atoms with Crippen molar-refractivity contribution >= 4 is 6.03 Å². The second kappa shape index (κ2) is 5.31. The van der Waals surface area contributed by atoms with E-state index < -0.39 is 0 Å². The third kappa shape index (κ3) is 2.35. The maximum Gasteiger partial charge on any atom is 0.320 e. The molecule has 3 fully saturated rings. The summed E-state index contributed by atoms with van der Waals surface area (Å²) in [5.41, 5.74) is 0. The molecule has 2 amide bonds. The van der Waals surface area contributed by atoms with Gasteiger partial charge in [-0.05, 0) is 37.0 Å². The topological polar surface area (TPSA) is 35.6 Å². The molecule has 0 saturated carbocycles. The summed E-state index contributed by atoms with van der Waals surface area (Å²) in [5, 5.41) is 3.48. The molecular formula is C15H27N3O. The number of rotatable bonds is 1. The molecule has 0 spiro atoms. The normalized spacial score (nSPS) is 38.6. The Morgan fingerprint density at radius 2 is 2.16 bits per heavy atom. The molecule has 3 aliphatic rings. The van der Waals surface area contributed by atoms with E-state index in [1.807, 2.05) is 0 Å². The van der Waals surface area contributed by atoms with Gasteiger partial charge in [0.1, 0.15) is 0 Å². The van der Waals surface area contributed by atoms with Crippen molar-refractivity contribution in [2.75, 3.05) is 32.7 Å². The molecule has 3 rings (SSSR count). The minimum absolute atomic E-state index is 0.313. The maximum atomic E-state index is 12.8. The van der Waals surface area contributed by atoms with E-state index in [9.17, 15) is 4.79 Å². The number of likely N-dealkylation sites (tertiary alicyclic amines) is 2. The van der Waals surface area contributed by atoms with Crippen LogP contribution in [-0.2, 0) is 0 Å². The molecule has 3 heterocycles. The zero-order valence-electron chi connectivity index (χ0n) is 12.3. The molecule has 0 aliphatic carbocycles. The van der Waals surface area contributed by atoms with Crippen LogP contribution in [0.1, 0.15) is 33.1 Å². The summed E-state index contributed by atoms with van der Waals surface area (Å²) in [4.78, 5) is 17.1. The summed E-state index contributed by atoms with van der Waals surface area (Å²) >= 11 is 0. The van der Waals surface area contributed by atoms with Gasteiger partial charge in [-0.3, -0.25) is 0 Å². The van der Waals surface area contributed by atoms with Gasteiger partial charge in [-0.1, -0.05) is 13.8 Å². The minimum Gasteiger partial charge on any atom is -0.324 e. The quantitative estimate of drug-likeness (QED) is 0.784. The third-order valence-corrected chi connectivity index (χ3v) is 5.31. The third-order valence-electron chi connectivity index (χ3n) is 5.31. The monoisotopic (exact) mass is 265 g/mol. The highest BCUT2D eigenvalue weighted by Crippen LogP contribution is 2.35. The fourth-order valence-corrected chi connectivity index (χ4v) is 4.31. The molecule has 4 nitrogen and oxygen atoms in total. The number of hydrogen-bond acceptors (Lipinski definition) is 2. The van der Waals surface area contributed by atoms with Gasteiger partial charge in [-0.25, -0.2) is 4.79 Å². The van der Waals surface area contributed by atoms with Gasteiger partial charge >= 0.3 is 6.03 Å². The molecule has 4 unspecified atom stereocenters. The van der Waals surface area contributed by atoms with Crippen molar-refractivity contribution in [1.29, 1.82) is 0 Å². The van der Waals surface area contributed by atoms with Gasteiger partial charge in [0, 0.05) is 38.8 Å². The molecule has 1 N–H and O–H groups in total. The Morgan fingerprint density at radius 3 is 2.89 bits per heavy atom. The van der Waals surface area contributed by atoms with Crippen LogP contribution in [0.25, 0.3) is 0 Å². The molecule has 19 heavy (non-hydrogen) atoms. The van der Waals surface area contributed by atoms with Crippen molar-refractivity contribution in [2.24, 2.45) is 17.8 Å². The van der Waals surface area contributed by atoms with E-state index in [4.69, 9.17) is 0 Å². The molecule has 4 heteroatoms. The zero-order valence-corrected chi connectivity index (χ0v) is 12.3. The van der Waals surface area contributed by atoms with Gasteiger partial charge in [-0.15, -0.1) is 0 Å². The van der Waals surface area contributed by atoms with Crippen LogP contribution in [0, 0.1) is 17.8 Å². The molecule has 0 aromatic rings. The van der Waals surface area contributed by atoms with Crippen LogP contribution in [0.15, 0.2) is 0 Å². The molecule has 3 aliphatic heterocycles. The van der Waals surface area contributed by atoms with E-state index in [0.717, 1.165) is 39.1 Å². The first kappa shape index (κ1) is 13.2. The number of urea groups is 1. The molecular weight excluding hydrogens is 238 g/mol. The molecule has 108 valence electrons. The standard InChI is InChI=1S/C15H27N3O/c1-3-14-13-8-16-7-12(13)10-18(14)15(19)17-6-4-5-11(2)9-17/h11-14,16H,3-10H2,1-2H3. The SMILES string of the molecule is CCC1C2CNCC2CN1C(=O)N1CCCC(C)C1. The van der Waals surface area contributed by atoms with Crippen molar-refractivity contribution in [1.82, 2.24) is 15.1 Å². The van der Waals surface area contributed by atoms with Crippen LogP contribution in [0.2, 0.25) is 0 Å². The van der Waals surface area contributed by atoms with Crippen molar-refractivity contribution in [3.05, 3.63) is 0 Å². The molecule has 0 aromatic carbocycles. The van der Waals surface area contributed by atoms with Crippen LogP contribution in [0.4, 0.5) is 4.79 Å². The average Bonchev–Trinajstić information content (AvgIpc) is 2.97. The Balaban J connectivity index is 1.69. The summed E-state index contributed by atoms with van der Waals surface area (Å²) < 4.78 is 0. The molecule has 0 aromatic heterocycles. The lowest BCUT2D eigenvalue weighted by Gasteiger charge is -2.36. The molecule has 4 atom stereocenters. The summed E-state index contributed by atoms with van der Waals surface area (Å²) in [7, 11) is 0. The summed E-state index contributed by atoms with van der Waals surface area (Å²) in [6, 6.07) is 0.775. The lowest BCUT2D eigenvalue weighted by Crippen LogP contribution is -2.50. The van der Waals surface area contributed by atoms with Crippen LogP contribution in [0.5, 0.6) is 0 Å². The van der Waals surface area contributed by atoms with Crippen molar-refractivity contribution in [3.63, 3.8) is 0 Å². The Labute approximate surface area is 116 Å². The lowest BCUT2D eigenvalue weighted by atomic mass is 9.93. The number of amides is 2. The number of carbonyl (C=O) groups is 1. The Hall–Kier alpha value is -0.770. The summed E-state index contributed by atoms with van der Waals surface area (Å²) in [6.07, 6.45) is 3.54. The van der Waals surface area contributed by atoms with Crippen molar-refractivity contribution < 1.29 is 4.79 Å². The minimum atomic E-state index is 0.313. The van der Waals surface area contributed by atoms with Crippen LogP contribution in [0.3, 0.4) is 0 Å². The maximum absolute atomic E-state index is 12.8. The molecule has 0 radical (unpaired) electrons. The van der Waals surface area contributed by atoms with Crippen LogP contribution in [-0.4, -0.2) is 54.6 Å². The van der Waals surface area contributed by atoms with Gasteiger partial charge in [0.15, 0.2) is 0 Å². The van der Waals surface area contributed by atoms with Gasteiger partial charge in [0.05, 0.1) is 0 Å². The van der Waals surface area contributed by atoms with E-state index in [0.29, 0.717) is 29.8 Å². The highest BCUT2D eigenvalue weighted by atomic mass is 16.2. The Bertz CT molecular complexity index is 346. The molecule has 0 bridgehead atoms. The average molecular weight is 265 g/mol. The summed E-state index contributed by atoms with van der Waals surface area (Å²) in [6.45, 7) is 9.58.